The zero-order valence-electron chi connectivity index (χ0n) is 5.19. The van der Waals surface area contributed by atoms with Crippen LogP contribution in [-0.4, -0.2) is 32.9 Å². The van der Waals surface area contributed by atoms with Crippen LogP contribution >= 0.6 is 15.9 Å². The smallest absolute Gasteiger partial charge is 0.305 e. The molecule has 44 valence electrons. The number of halogens is 1. The zero-order valence-corrected chi connectivity index (χ0v) is 6.78. The average Bonchev–Trinajstić information content (AvgIpc) is 1.62. The molecule has 0 aliphatic carbocycles. The lowest BCUT2D eigenvalue weighted by Crippen LogP contribution is -2.33. The van der Waals surface area contributed by atoms with E-state index in [1.54, 1.807) is 15.7 Å². The number of methoxy groups -OCH3 is 1. The molecule has 0 saturated heterocycles. The minimum atomic E-state index is -0.540. The monoisotopic (exact) mass is 176 g/mol. The van der Waals surface area contributed by atoms with Crippen molar-refractivity contribution in [3.8, 4) is 0 Å². The van der Waals surface area contributed by atoms with E-state index >= 15 is 0 Å². The standard InChI is InChI=1S/C3H7B2BrO2/c1-8-2(7)3(4,5)6/h4-5H2,1H3. The second-order valence-corrected chi connectivity index (χ2v) is 3.95. The molecule has 0 rings (SSSR count). The Kier molecular flexibility index (Phi) is 2.60. The van der Waals surface area contributed by atoms with Crippen molar-refractivity contribution in [1.82, 2.24) is 0 Å². The van der Waals surface area contributed by atoms with Gasteiger partial charge in [0.15, 0.2) is 0 Å². The van der Waals surface area contributed by atoms with Crippen molar-refractivity contribution in [2.45, 2.75) is 4.12 Å². The van der Waals surface area contributed by atoms with E-state index in [0.29, 0.717) is 0 Å². The van der Waals surface area contributed by atoms with E-state index in [4.69, 9.17) is 0 Å². The molecule has 0 fully saturated rings. The molecule has 8 heavy (non-hydrogen) atoms. The molecular formula is C3H7B2BrO2. The Hall–Kier alpha value is 0.0799. The van der Waals surface area contributed by atoms with Crippen molar-refractivity contribution < 1.29 is 9.53 Å². The molecule has 0 spiro atoms. The van der Waals surface area contributed by atoms with Crippen molar-refractivity contribution in [2.24, 2.45) is 0 Å². The third kappa shape index (κ3) is 2.40. The van der Waals surface area contributed by atoms with Gasteiger partial charge in [-0.3, -0.25) is 4.79 Å². The molecule has 0 aromatic rings. The number of hydrogen-bond donors (Lipinski definition) is 0. The van der Waals surface area contributed by atoms with Crippen molar-refractivity contribution >= 4 is 37.6 Å². The molecule has 0 aromatic heterocycles. The first-order valence-corrected chi connectivity index (χ1v) is 3.05. The van der Waals surface area contributed by atoms with Crippen molar-refractivity contribution in [3.05, 3.63) is 0 Å². The fourth-order valence-corrected chi connectivity index (χ4v) is 0.405. The van der Waals surface area contributed by atoms with Gasteiger partial charge in [-0.25, -0.2) is 0 Å². The second-order valence-electron chi connectivity index (χ2n) is 1.96. The Morgan fingerprint density at radius 1 is 1.75 bits per heavy atom. The fourth-order valence-electron chi connectivity index (χ4n) is 0.243. The van der Waals surface area contributed by atoms with E-state index in [2.05, 4.69) is 20.7 Å². The van der Waals surface area contributed by atoms with Gasteiger partial charge in [0.2, 0.25) is 0 Å². The SMILES string of the molecule is BC(B)(Br)C(=O)OC. The summed E-state index contributed by atoms with van der Waals surface area (Å²) in [5.74, 6) is -0.252. The molecular weight excluding hydrogens is 170 g/mol. The molecule has 0 bridgehead atoms. The summed E-state index contributed by atoms with van der Waals surface area (Å²) in [5.41, 5.74) is 0. The topological polar surface area (TPSA) is 26.3 Å². The number of esters is 1. The molecule has 2 nitrogen and oxygen atoms in total. The Morgan fingerprint density at radius 3 is 2.12 bits per heavy atom. The maximum Gasteiger partial charge on any atom is 0.305 e. The van der Waals surface area contributed by atoms with Gasteiger partial charge in [-0.15, -0.1) is 0 Å². The van der Waals surface area contributed by atoms with Crippen LogP contribution in [0.4, 0.5) is 0 Å². The highest BCUT2D eigenvalue weighted by molar-refractivity contribution is 9.11. The lowest BCUT2D eigenvalue weighted by molar-refractivity contribution is -0.139. The normalized spacial score (nSPS) is 10.8. The van der Waals surface area contributed by atoms with Crippen LogP contribution in [0.1, 0.15) is 0 Å². The highest BCUT2D eigenvalue weighted by atomic mass is 79.9. The van der Waals surface area contributed by atoms with Crippen LogP contribution < -0.4 is 0 Å². The van der Waals surface area contributed by atoms with Gasteiger partial charge in [-0.05, 0) is 0 Å². The first kappa shape index (κ1) is 8.08. The number of ether oxygens (including phenoxy) is 1. The number of rotatable bonds is 1. The highest BCUT2D eigenvalue weighted by Gasteiger charge is 2.23. The maximum absolute atomic E-state index is 10.6. The first-order valence-electron chi connectivity index (χ1n) is 2.26. The van der Waals surface area contributed by atoms with Crippen molar-refractivity contribution in [1.29, 1.82) is 0 Å². The van der Waals surface area contributed by atoms with Crippen LogP contribution in [0.3, 0.4) is 0 Å². The minimum Gasteiger partial charge on any atom is -0.469 e. The van der Waals surface area contributed by atoms with E-state index in [1.807, 2.05) is 0 Å². The van der Waals surface area contributed by atoms with Crippen LogP contribution in [0, 0.1) is 0 Å². The van der Waals surface area contributed by atoms with Gasteiger partial charge in [0, 0.05) is 0 Å². The summed E-state index contributed by atoms with van der Waals surface area (Å²) in [5, 5.41) is 0. The molecule has 0 saturated carbocycles. The fraction of sp³-hybridized carbons (Fsp3) is 0.667. The largest absolute Gasteiger partial charge is 0.469 e. The summed E-state index contributed by atoms with van der Waals surface area (Å²) in [6.07, 6.45) is 0. The molecule has 5 heteroatoms. The minimum absolute atomic E-state index is 0.252. The highest BCUT2D eigenvalue weighted by Crippen LogP contribution is 2.08. The van der Waals surface area contributed by atoms with Gasteiger partial charge in [0.1, 0.15) is 15.7 Å². The van der Waals surface area contributed by atoms with Gasteiger partial charge in [-0.1, -0.05) is 15.9 Å². The van der Waals surface area contributed by atoms with Gasteiger partial charge >= 0.3 is 5.97 Å². The summed E-state index contributed by atoms with van der Waals surface area (Å²) in [7, 11) is 4.84. The van der Waals surface area contributed by atoms with E-state index in [9.17, 15) is 4.79 Å². The maximum atomic E-state index is 10.6. The third-order valence-corrected chi connectivity index (χ3v) is 0.995. The van der Waals surface area contributed by atoms with Crippen LogP contribution in [0.15, 0.2) is 0 Å². The quantitative estimate of drug-likeness (QED) is 0.276. The van der Waals surface area contributed by atoms with Gasteiger partial charge < -0.3 is 4.74 Å². The molecule has 0 aromatic carbocycles. The predicted molar refractivity (Wildman–Crippen MR) is 40.8 cm³/mol. The lowest BCUT2D eigenvalue weighted by Gasteiger charge is -2.10. The molecule has 0 radical (unpaired) electrons. The zero-order chi connectivity index (χ0) is 6.78. The Bertz CT molecular complexity index is 97.9. The summed E-state index contributed by atoms with van der Waals surface area (Å²) in [6, 6.07) is 0. The summed E-state index contributed by atoms with van der Waals surface area (Å²) in [6.45, 7) is 0. The molecule has 0 atom stereocenters. The Morgan fingerprint density at radius 2 is 2.12 bits per heavy atom. The molecule has 0 heterocycles. The van der Waals surface area contributed by atoms with Crippen molar-refractivity contribution in [3.63, 3.8) is 0 Å². The average molecular weight is 177 g/mol. The van der Waals surface area contributed by atoms with E-state index in [0.717, 1.165) is 0 Å². The van der Waals surface area contributed by atoms with Gasteiger partial charge in [0.05, 0.1) is 11.2 Å². The number of alkyl halides is 1. The predicted octanol–water partition coefficient (Wildman–Crippen LogP) is -1.53. The summed E-state index contributed by atoms with van der Waals surface area (Å²) >= 11 is 3.13. The summed E-state index contributed by atoms with van der Waals surface area (Å²) < 4.78 is 3.89. The number of carbonyl (C=O) groups excluding carboxylic acids is 1. The van der Waals surface area contributed by atoms with Crippen LogP contribution in [0.2, 0.25) is 0 Å². The van der Waals surface area contributed by atoms with Crippen LogP contribution in [0.5, 0.6) is 0 Å². The number of carbonyl (C=O) groups is 1. The first-order chi connectivity index (χ1) is 3.48. The lowest BCUT2D eigenvalue weighted by atomic mass is 9.71. The second kappa shape index (κ2) is 2.58. The third-order valence-electron chi connectivity index (χ3n) is 0.671. The van der Waals surface area contributed by atoms with Crippen molar-refractivity contribution in [2.75, 3.05) is 7.11 Å². The molecule has 0 aliphatic heterocycles. The van der Waals surface area contributed by atoms with E-state index < -0.39 is 4.12 Å². The molecule has 0 amide bonds. The molecule has 0 aliphatic rings. The van der Waals surface area contributed by atoms with E-state index in [-0.39, 0.29) is 5.97 Å². The summed E-state index contributed by atoms with van der Waals surface area (Å²) in [4.78, 5) is 10.6. The Labute approximate surface area is 58.9 Å². The van der Waals surface area contributed by atoms with Gasteiger partial charge in [0.25, 0.3) is 0 Å². The number of hydrogen-bond acceptors (Lipinski definition) is 2. The van der Waals surface area contributed by atoms with Crippen LogP contribution in [-0.2, 0) is 9.53 Å². The van der Waals surface area contributed by atoms with E-state index in [1.165, 1.54) is 7.11 Å². The van der Waals surface area contributed by atoms with Gasteiger partial charge in [-0.2, -0.15) is 0 Å². The Balaban J connectivity index is 3.82. The molecule has 0 unspecified atom stereocenters. The molecule has 0 N–H and O–H groups in total. The van der Waals surface area contributed by atoms with Crippen LogP contribution in [0.25, 0.3) is 0 Å².